The number of hydrogen-bond donors (Lipinski definition) is 1. The maximum absolute atomic E-state index is 12.7. The molecule has 1 aromatic rings. The van der Waals surface area contributed by atoms with Gasteiger partial charge in [0.25, 0.3) is 0 Å². The number of unbranched alkanes of at least 4 members (excludes halogenated alkanes) is 1. The Hall–Kier alpha value is -2.81. The lowest BCUT2D eigenvalue weighted by Gasteiger charge is -2.37. The molecule has 8 nitrogen and oxygen atoms in total. The highest BCUT2D eigenvalue weighted by molar-refractivity contribution is 6.19. The Morgan fingerprint density at radius 2 is 1.93 bits per heavy atom. The zero-order valence-corrected chi connectivity index (χ0v) is 25.7. The lowest BCUT2D eigenvalue weighted by Crippen LogP contribution is -2.46. The minimum absolute atomic E-state index is 0.0721. The molecule has 0 bridgehead atoms. The third-order valence-electron chi connectivity index (χ3n) is 7.50. The van der Waals surface area contributed by atoms with Crippen LogP contribution in [0.1, 0.15) is 52.0 Å². The molecule has 1 atom stereocenters. The van der Waals surface area contributed by atoms with Gasteiger partial charge in [0.1, 0.15) is 11.8 Å². The van der Waals surface area contributed by atoms with Crippen LogP contribution in [0.4, 0.5) is 5.69 Å². The number of alkyl halides is 1. The van der Waals surface area contributed by atoms with E-state index in [0.717, 1.165) is 56.8 Å². The van der Waals surface area contributed by atoms with Gasteiger partial charge in [-0.3, -0.25) is 19.4 Å². The third kappa shape index (κ3) is 9.90. The van der Waals surface area contributed by atoms with Gasteiger partial charge in [0.05, 0.1) is 12.3 Å². The maximum Gasteiger partial charge on any atom is 0.324 e. The largest absolute Gasteiger partial charge is 0.494 e. The summed E-state index contributed by atoms with van der Waals surface area (Å²) in [7, 11) is 0. The molecule has 2 aliphatic rings. The number of esters is 1. The van der Waals surface area contributed by atoms with Crippen LogP contribution in [0.15, 0.2) is 54.3 Å². The number of ether oxygens (including phenoxy) is 2. The van der Waals surface area contributed by atoms with E-state index in [1.807, 2.05) is 38.1 Å². The Labute approximate surface area is 250 Å². The molecular weight excluding hydrogens is 540 g/mol. The molecule has 2 aliphatic heterocycles. The van der Waals surface area contributed by atoms with E-state index in [9.17, 15) is 9.59 Å². The summed E-state index contributed by atoms with van der Waals surface area (Å²) in [5.74, 6) is 0.958. The topological polar surface area (TPSA) is 88.3 Å². The summed E-state index contributed by atoms with van der Waals surface area (Å²) in [5.41, 5.74) is 10.1. The predicted octanol–water partition coefficient (Wildman–Crippen LogP) is 4.87. The summed E-state index contributed by atoms with van der Waals surface area (Å²) in [4.78, 5) is 31.4. The van der Waals surface area contributed by atoms with Crippen LogP contribution in [-0.4, -0.2) is 79.7 Å². The van der Waals surface area contributed by atoms with Crippen LogP contribution in [0.25, 0.3) is 0 Å². The minimum atomic E-state index is -0.693. The van der Waals surface area contributed by atoms with Crippen LogP contribution in [0, 0.1) is 5.92 Å². The fourth-order valence-electron chi connectivity index (χ4n) is 5.17. The number of carbonyl (C=O) groups is 2. The minimum Gasteiger partial charge on any atom is -0.494 e. The van der Waals surface area contributed by atoms with Crippen molar-refractivity contribution in [3.63, 3.8) is 0 Å². The molecule has 3 rings (SSSR count). The van der Waals surface area contributed by atoms with Crippen molar-refractivity contribution in [1.29, 1.82) is 0 Å². The van der Waals surface area contributed by atoms with Gasteiger partial charge < -0.3 is 20.1 Å². The molecule has 1 unspecified atom stereocenters. The first-order chi connectivity index (χ1) is 19.7. The van der Waals surface area contributed by atoms with Crippen molar-refractivity contribution in [2.45, 2.75) is 58.9 Å². The van der Waals surface area contributed by atoms with Crippen molar-refractivity contribution in [2.75, 3.05) is 56.8 Å². The normalized spacial score (nSPS) is 17.5. The monoisotopic (exact) mass is 586 g/mol. The standard InChI is InChI=1S/C32H47ClN4O4/c1-5-6-9-29(25(4)22-33)36-17-15-35(16-18-36)14-7-8-19-40-27-12-10-26-11-13-31(38)37(30(26)21-27)23-41-32(39)28(34)20-24(2)3/h5-6,9-10,12,21,24,28H,1,7-8,11,13-20,22-23,34H2,2-4H3/b9-6-,29-25+. The highest BCUT2D eigenvalue weighted by Crippen LogP contribution is 2.32. The predicted molar refractivity (Wildman–Crippen MR) is 166 cm³/mol. The molecule has 0 radical (unpaired) electrons. The molecule has 9 heteroatoms. The number of halogens is 1. The van der Waals surface area contributed by atoms with Gasteiger partial charge in [-0.15, -0.1) is 11.6 Å². The Morgan fingerprint density at radius 3 is 2.61 bits per heavy atom. The molecule has 2 N–H and O–H groups in total. The summed E-state index contributed by atoms with van der Waals surface area (Å²) in [6.07, 6.45) is 9.42. The van der Waals surface area contributed by atoms with Gasteiger partial charge in [-0.25, -0.2) is 0 Å². The number of benzene rings is 1. The Bertz CT molecular complexity index is 1100. The third-order valence-corrected chi connectivity index (χ3v) is 7.90. The fourth-order valence-corrected chi connectivity index (χ4v) is 5.31. The number of nitrogens with two attached hydrogens (primary N) is 1. The number of hydrogen-bond acceptors (Lipinski definition) is 7. The van der Waals surface area contributed by atoms with Gasteiger partial charge in [0.2, 0.25) is 5.91 Å². The Kier molecular flexibility index (Phi) is 13.2. The summed E-state index contributed by atoms with van der Waals surface area (Å²) < 4.78 is 11.5. The zero-order chi connectivity index (χ0) is 29.8. The van der Waals surface area contributed by atoms with Gasteiger partial charge >= 0.3 is 5.97 Å². The second-order valence-electron chi connectivity index (χ2n) is 11.2. The first kappa shape index (κ1) is 32.7. The number of nitrogens with zero attached hydrogens (tertiary/aromatic N) is 3. The second kappa shape index (κ2) is 16.6. The number of piperazine rings is 1. The molecule has 0 aliphatic carbocycles. The van der Waals surface area contributed by atoms with E-state index in [-0.39, 0.29) is 18.6 Å². The molecule has 1 saturated heterocycles. The quantitative estimate of drug-likeness (QED) is 0.136. The smallest absolute Gasteiger partial charge is 0.324 e. The first-order valence-corrected chi connectivity index (χ1v) is 15.3. The van der Waals surface area contributed by atoms with Crippen molar-refractivity contribution < 1.29 is 19.1 Å². The van der Waals surface area contributed by atoms with E-state index in [1.54, 1.807) is 6.08 Å². The van der Waals surface area contributed by atoms with Crippen molar-refractivity contribution in [1.82, 2.24) is 9.80 Å². The van der Waals surface area contributed by atoms with Crippen molar-refractivity contribution in [3.05, 3.63) is 59.8 Å². The molecule has 226 valence electrons. The number of rotatable bonds is 15. The first-order valence-electron chi connectivity index (χ1n) is 14.7. The van der Waals surface area contributed by atoms with Crippen LogP contribution in [0.5, 0.6) is 5.75 Å². The summed E-state index contributed by atoms with van der Waals surface area (Å²) in [6.45, 7) is 15.3. The van der Waals surface area contributed by atoms with Crippen molar-refractivity contribution in [2.24, 2.45) is 11.7 Å². The van der Waals surface area contributed by atoms with E-state index in [1.165, 1.54) is 16.2 Å². The van der Waals surface area contributed by atoms with Crippen LogP contribution in [-0.2, 0) is 20.7 Å². The summed E-state index contributed by atoms with van der Waals surface area (Å²) >= 11 is 6.11. The lowest BCUT2D eigenvalue weighted by molar-refractivity contribution is -0.146. The van der Waals surface area contributed by atoms with Crippen LogP contribution >= 0.6 is 11.6 Å². The lowest BCUT2D eigenvalue weighted by atomic mass is 10.0. The van der Waals surface area contributed by atoms with Gasteiger partial charge in [-0.05, 0) is 68.3 Å². The SMILES string of the molecule is C=C/C=C\C(=C(\C)CCl)N1CCN(CCCCOc2ccc3c(c2)N(COC(=O)C(N)CC(C)C)C(=O)CC3)CC1. The van der Waals surface area contributed by atoms with Crippen molar-refractivity contribution in [3.8, 4) is 5.75 Å². The summed E-state index contributed by atoms with van der Waals surface area (Å²) in [6, 6.07) is 5.13. The molecule has 0 saturated carbocycles. The number of aryl methyl sites for hydroxylation is 1. The summed E-state index contributed by atoms with van der Waals surface area (Å²) in [5, 5.41) is 0. The van der Waals surface area contributed by atoms with E-state index in [0.29, 0.717) is 37.5 Å². The number of amides is 1. The average Bonchev–Trinajstić information content (AvgIpc) is 2.96. The molecule has 1 fully saturated rings. The van der Waals surface area contributed by atoms with Crippen LogP contribution < -0.4 is 15.4 Å². The van der Waals surface area contributed by atoms with Gasteiger partial charge in [0, 0.05) is 50.2 Å². The number of anilines is 1. The molecule has 0 spiro atoms. The highest BCUT2D eigenvalue weighted by Gasteiger charge is 2.27. The zero-order valence-electron chi connectivity index (χ0n) is 24.9. The average molecular weight is 587 g/mol. The van der Waals surface area contributed by atoms with Crippen LogP contribution in [0.3, 0.4) is 0 Å². The fraction of sp³-hybridized carbons (Fsp3) is 0.562. The van der Waals surface area contributed by atoms with Crippen LogP contribution in [0.2, 0.25) is 0 Å². The molecule has 41 heavy (non-hydrogen) atoms. The van der Waals surface area contributed by atoms with E-state index in [4.69, 9.17) is 26.8 Å². The highest BCUT2D eigenvalue weighted by atomic mass is 35.5. The van der Waals surface area contributed by atoms with Crippen molar-refractivity contribution >= 4 is 29.2 Å². The second-order valence-corrected chi connectivity index (χ2v) is 11.5. The van der Waals surface area contributed by atoms with Gasteiger partial charge in [-0.1, -0.05) is 38.6 Å². The van der Waals surface area contributed by atoms with Gasteiger partial charge in [-0.2, -0.15) is 0 Å². The van der Waals surface area contributed by atoms with E-state index < -0.39 is 12.0 Å². The molecule has 1 aromatic carbocycles. The molecular formula is C32H47ClN4O4. The number of carbonyl (C=O) groups excluding carboxylic acids is 2. The molecule has 1 amide bonds. The maximum atomic E-state index is 12.7. The molecule has 2 heterocycles. The van der Waals surface area contributed by atoms with Gasteiger partial charge in [0.15, 0.2) is 6.73 Å². The number of allylic oxidation sites excluding steroid dienone is 4. The Balaban J connectivity index is 1.44. The van der Waals surface area contributed by atoms with E-state index >= 15 is 0 Å². The van der Waals surface area contributed by atoms with E-state index in [2.05, 4.69) is 29.4 Å². The number of fused-ring (bicyclic) bond motifs is 1. The molecule has 0 aromatic heterocycles. The Morgan fingerprint density at radius 1 is 1.17 bits per heavy atom.